The summed E-state index contributed by atoms with van der Waals surface area (Å²) < 4.78 is 32.7. The topological polar surface area (TPSA) is 148 Å². The highest BCUT2D eigenvalue weighted by molar-refractivity contribution is 5.81. The molecule has 2 fully saturated rings. The first-order valence-corrected chi connectivity index (χ1v) is 16.1. The van der Waals surface area contributed by atoms with E-state index < -0.39 is 36.3 Å². The van der Waals surface area contributed by atoms with E-state index in [-0.39, 0.29) is 38.6 Å². The van der Waals surface area contributed by atoms with Gasteiger partial charge >= 0.3 is 24.1 Å². The third-order valence-electron chi connectivity index (χ3n) is 7.48. The van der Waals surface area contributed by atoms with Gasteiger partial charge in [-0.25, -0.2) is 19.2 Å². The Labute approximate surface area is 261 Å². The van der Waals surface area contributed by atoms with Crippen LogP contribution in [0, 0.1) is 0 Å². The van der Waals surface area contributed by atoms with E-state index in [1.807, 2.05) is 0 Å². The number of nitrogens with one attached hydrogen (secondary N) is 2. The number of alkyl carbamates (subject to hydrolysis) is 2. The van der Waals surface area contributed by atoms with Crippen LogP contribution in [-0.2, 0) is 38.0 Å². The quantitative estimate of drug-likeness (QED) is 0.0783. The van der Waals surface area contributed by atoms with Gasteiger partial charge in [-0.15, -0.1) is 0 Å². The summed E-state index contributed by atoms with van der Waals surface area (Å²) in [5.74, 6) is -1.18. The predicted octanol–water partition coefficient (Wildman–Crippen LogP) is 4.89. The van der Waals surface area contributed by atoms with Crippen molar-refractivity contribution in [2.75, 3.05) is 39.5 Å². The van der Waals surface area contributed by atoms with Crippen LogP contribution in [0.2, 0.25) is 0 Å². The Hall–Kier alpha value is -3.12. The number of unbranched alkanes of at least 4 members (excludes halogenated alkanes) is 3. The largest absolute Gasteiger partial charge is 0.453 e. The fraction of sp³-hybridized carbons (Fsp3) is 0.750. The van der Waals surface area contributed by atoms with Crippen LogP contribution in [0.5, 0.6) is 0 Å². The van der Waals surface area contributed by atoms with Crippen LogP contribution in [-0.4, -0.2) is 88.1 Å². The lowest BCUT2D eigenvalue weighted by atomic mass is 9.98. The van der Waals surface area contributed by atoms with Gasteiger partial charge in [-0.05, 0) is 38.5 Å². The third kappa shape index (κ3) is 17.9. The molecule has 2 N–H and O–H groups in total. The standard InChI is InChI=1S/C32H52N2O10/c1-3-29(35)43-27(21-39-25-15-9-7-10-16-25)23-41-31(37)33-19-13-5-6-14-20-34-32(38)42-24-28(44-30(36)4-2)22-40-26-17-11-8-12-18-26/h3-4,25-28H,1-2,5-24H2,(H,33,37)(H,34,38). The highest BCUT2D eigenvalue weighted by atomic mass is 16.6. The molecule has 12 nitrogen and oxygen atoms in total. The van der Waals surface area contributed by atoms with Gasteiger partial charge < -0.3 is 39.1 Å². The average molecular weight is 625 g/mol. The van der Waals surface area contributed by atoms with Crippen molar-refractivity contribution in [3.8, 4) is 0 Å². The van der Waals surface area contributed by atoms with Crippen molar-refractivity contribution < 1.29 is 47.6 Å². The van der Waals surface area contributed by atoms with Crippen molar-refractivity contribution in [3.05, 3.63) is 25.3 Å². The summed E-state index contributed by atoms with van der Waals surface area (Å²) in [4.78, 5) is 47.5. The first kappa shape index (κ1) is 37.1. The smallest absolute Gasteiger partial charge is 0.407 e. The Bertz CT molecular complexity index is 801. The van der Waals surface area contributed by atoms with E-state index >= 15 is 0 Å². The molecule has 44 heavy (non-hydrogen) atoms. The van der Waals surface area contributed by atoms with E-state index in [4.69, 9.17) is 28.4 Å². The Morgan fingerprint density at radius 3 is 1.34 bits per heavy atom. The van der Waals surface area contributed by atoms with Crippen molar-refractivity contribution in [1.29, 1.82) is 0 Å². The van der Waals surface area contributed by atoms with Gasteiger partial charge in [0.1, 0.15) is 13.2 Å². The lowest BCUT2D eigenvalue weighted by molar-refractivity contribution is -0.151. The van der Waals surface area contributed by atoms with E-state index in [1.165, 1.54) is 12.8 Å². The van der Waals surface area contributed by atoms with Crippen LogP contribution in [0.1, 0.15) is 89.9 Å². The molecule has 0 saturated heterocycles. The maximum Gasteiger partial charge on any atom is 0.407 e. The maximum atomic E-state index is 12.1. The fourth-order valence-corrected chi connectivity index (χ4v) is 5.03. The second-order valence-electron chi connectivity index (χ2n) is 11.2. The zero-order valence-corrected chi connectivity index (χ0v) is 26.1. The van der Waals surface area contributed by atoms with Gasteiger partial charge in [0, 0.05) is 25.2 Å². The van der Waals surface area contributed by atoms with Gasteiger partial charge in [0.05, 0.1) is 25.4 Å². The van der Waals surface area contributed by atoms with Gasteiger partial charge in [0.2, 0.25) is 0 Å². The number of ether oxygens (including phenoxy) is 6. The molecule has 2 rings (SSSR count). The average Bonchev–Trinajstić information content (AvgIpc) is 3.05. The number of rotatable bonds is 21. The van der Waals surface area contributed by atoms with Gasteiger partial charge in [0.25, 0.3) is 0 Å². The molecular weight excluding hydrogens is 572 g/mol. The summed E-state index contributed by atoms with van der Waals surface area (Å²) in [6, 6.07) is 0. The van der Waals surface area contributed by atoms with Gasteiger partial charge in [0.15, 0.2) is 12.2 Å². The number of carbonyl (C=O) groups excluding carboxylic acids is 4. The SMILES string of the molecule is C=CC(=O)OC(COC(=O)NCCCCCCNC(=O)OCC(COC1CCCCC1)OC(=O)C=C)COC1CCCCC1. The highest BCUT2D eigenvalue weighted by Crippen LogP contribution is 2.21. The lowest BCUT2D eigenvalue weighted by Gasteiger charge is -2.24. The minimum Gasteiger partial charge on any atom is -0.453 e. The van der Waals surface area contributed by atoms with Crippen molar-refractivity contribution in [1.82, 2.24) is 10.6 Å². The molecule has 2 unspecified atom stereocenters. The summed E-state index contributed by atoms with van der Waals surface area (Å²) >= 11 is 0. The number of hydrogen-bond donors (Lipinski definition) is 2. The molecule has 2 aliphatic carbocycles. The summed E-state index contributed by atoms with van der Waals surface area (Å²) in [6.07, 6.45) is 13.8. The number of amides is 2. The van der Waals surface area contributed by atoms with Crippen molar-refractivity contribution >= 4 is 24.1 Å². The van der Waals surface area contributed by atoms with Gasteiger partial charge in [-0.1, -0.05) is 64.5 Å². The second-order valence-corrected chi connectivity index (χ2v) is 11.2. The normalized spacial score (nSPS) is 17.0. The molecule has 0 bridgehead atoms. The molecule has 250 valence electrons. The van der Waals surface area contributed by atoms with Crippen LogP contribution in [0.25, 0.3) is 0 Å². The predicted molar refractivity (Wildman–Crippen MR) is 163 cm³/mol. The first-order valence-electron chi connectivity index (χ1n) is 16.1. The molecule has 0 radical (unpaired) electrons. The van der Waals surface area contributed by atoms with E-state index in [0.717, 1.165) is 89.2 Å². The van der Waals surface area contributed by atoms with E-state index in [0.29, 0.717) is 13.1 Å². The molecular formula is C32H52N2O10. The molecule has 0 aromatic heterocycles. The highest BCUT2D eigenvalue weighted by Gasteiger charge is 2.22. The Balaban J connectivity index is 1.51. The number of esters is 2. The molecule has 2 aliphatic rings. The van der Waals surface area contributed by atoms with Crippen LogP contribution in [0.4, 0.5) is 9.59 Å². The van der Waals surface area contributed by atoms with Crippen molar-refractivity contribution in [3.63, 3.8) is 0 Å². The van der Waals surface area contributed by atoms with Gasteiger partial charge in [-0.2, -0.15) is 0 Å². The van der Waals surface area contributed by atoms with Crippen molar-refractivity contribution in [2.45, 2.75) is 114 Å². The minimum atomic E-state index is -0.699. The van der Waals surface area contributed by atoms with Crippen LogP contribution < -0.4 is 10.6 Å². The van der Waals surface area contributed by atoms with Crippen molar-refractivity contribution in [2.24, 2.45) is 0 Å². The zero-order chi connectivity index (χ0) is 31.8. The minimum absolute atomic E-state index is 0.106. The molecule has 0 heterocycles. The summed E-state index contributed by atoms with van der Waals surface area (Å²) in [5, 5.41) is 5.38. The summed E-state index contributed by atoms with van der Waals surface area (Å²) in [5.41, 5.74) is 0. The van der Waals surface area contributed by atoms with E-state index in [9.17, 15) is 19.2 Å². The number of hydrogen-bond acceptors (Lipinski definition) is 10. The molecule has 2 saturated carbocycles. The molecule has 2 atom stereocenters. The number of carbonyl (C=O) groups is 4. The monoisotopic (exact) mass is 624 g/mol. The van der Waals surface area contributed by atoms with Crippen LogP contribution in [0.3, 0.4) is 0 Å². The molecule has 0 aliphatic heterocycles. The third-order valence-corrected chi connectivity index (χ3v) is 7.48. The van der Waals surface area contributed by atoms with Crippen LogP contribution in [0.15, 0.2) is 25.3 Å². The Morgan fingerprint density at radius 1 is 0.591 bits per heavy atom. The van der Waals surface area contributed by atoms with Gasteiger partial charge in [-0.3, -0.25) is 0 Å². The second kappa shape index (κ2) is 23.3. The Morgan fingerprint density at radius 2 is 0.977 bits per heavy atom. The zero-order valence-electron chi connectivity index (χ0n) is 26.1. The van der Waals surface area contributed by atoms with E-state index in [2.05, 4.69) is 23.8 Å². The molecule has 0 aromatic rings. The summed E-state index contributed by atoms with van der Waals surface area (Å²) in [6.45, 7) is 7.78. The van der Waals surface area contributed by atoms with Crippen LogP contribution >= 0.6 is 0 Å². The molecule has 0 spiro atoms. The maximum absolute atomic E-state index is 12.1. The molecule has 12 heteroatoms. The fourth-order valence-electron chi connectivity index (χ4n) is 5.03. The Kier molecular flexibility index (Phi) is 19.6. The van der Waals surface area contributed by atoms with E-state index in [1.54, 1.807) is 0 Å². The molecule has 0 aromatic carbocycles. The summed E-state index contributed by atoms with van der Waals surface area (Å²) in [7, 11) is 0. The first-order chi connectivity index (χ1) is 21.4. The lowest BCUT2D eigenvalue weighted by Crippen LogP contribution is -2.34. The molecule has 2 amide bonds.